The van der Waals surface area contributed by atoms with E-state index in [1.54, 1.807) is 0 Å². The Morgan fingerprint density at radius 2 is 1.95 bits per heavy atom. The molecular weight excluding hydrogens is 250 g/mol. The minimum Gasteiger partial charge on any atom is -0.466 e. The lowest BCUT2D eigenvalue weighted by Gasteiger charge is -2.26. The van der Waals surface area contributed by atoms with E-state index in [1.807, 2.05) is 0 Å². The average molecular weight is 273 g/mol. The molecule has 0 N–H and O–H groups in total. The van der Waals surface area contributed by atoms with Crippen molar-refractivity contribution < 1.29 is 26.5 Å². The van der Waals surface area contributed by atoms with Gasteiger partial charge in [0.2, 0.25) is 0 Å². The number of hydrogen-bond acceptors (Lipinski definition) is 6. The third-order valence-electron chi connectivity index (χ3n) is 2.66. The molecule has 1 heterocycles. The highest BCUT2D eigenvalue weighted by atomic mass is 16.5. The Kier molecular flexibility index (Phi) is 6.33. The monoisotopic (exact) mass is 273 g/mol. The zero-order chi connectivity index (χ0) is 15.7. The summed E-state index contributed by atoms with van der Waals surface area (Å²) in [5, 5.41) is 0. The smallest absolute Gasteiger partial charge is 0.331 e. The molecule has 6 heteroatoms. The molecule has 0 atom stereocenters. The molecule has 0 aromatic rings. The van der Waals surface area contributed by atoms with Crippen LogP contribution >= 0.6 is 0 Å². The van der Waals surface area contributed by atoms with Crippen molar-refractivity contribution in [3.63, 3.8) is 0 Å². The maximum Gasteiger partial charge on any atom is 0.331 e. The molecule has 0 aliphatic carbocycles. The number of nitrogens with zero attached hydrogens (tertiary/aromatic N) is 1. The van der Waals surface area contributed by atoms with E-state index in [1.165, 1.54) is 0 Å². The van der Waals surface area contributed by atoms with Crippen molar-refractivity contribution in [1.29, 1.82) is 0 Å². The van der Waals surface area contributed by atoms with Crippen LogP contribution in [0.3, 0.4) is 0 Å². The fourth-order valence-electron chi connectivity index (χ4n) is 1.62. The first-order valence-electron chi connectivity index (χ1n) is 7.29. The van der Waals surface area contributed by atoms with Gasteiger partial charge in [0.05, 0.1) is 29.7 Å². The van der Waals surface area contributed by atoms with Crippen molar-refractivity contribution in [3.8, 4) is 0 Å². The molecule has 0 spiro atoms. The largest absolute Gasteiger partial charge is 0.466 e. The van der Waals surface area contributed by atoms with Crippen molar-refractivity contribution in [3.05, 3.63) is 12.1 Å². The summed E-state index contributed by atoms with van der Waals surface area (Å²) in [5.41, 5.74) is 0. The summed E-state index contributed by atoms with van der Waals surface area (Å²) in [6.07, 6.45) is 1.54. The van der Waals surface area contributed by atoms with Gasteiger partial charge in [-0.25, -0.2) is 9.59 Å². The minimum absolute atomic E-state index is 0.167. The van der Waals surface area contributed by atoms with Gasteiger partial charge in [0, 0.05) is 25.2 Å². The zero-order valence-corrected chi connectivity index (χ0v) is 11.1. The molecule has 0 unspecified atom stereocenters. The number of hydrogen-bond donors (Lipinski definition) is 0. The Labute approximate surface area is 116 Å². The number of esters is 2. The van der Waals surface area contributed by atoms with Crippen LogP contribution in [0.5, 0.6) is 0 Å². The molecule has 0 bridgehead atoms. The van der Waals surface area contributed by atoms with Crippen molar-refractivity contribution in [2.45, 2.75) is 12.8 Å². The summed E-state index contributed by atoms with van der Waals surface area (Å²) in [4.78, 5) is 24.7. The SMILES string of the molecule is [2H]/C(C(=O)OC)=C(/[2H])C(=O)OCCCCN1CCOCC1. The molecule has 0 amide bonds. The van der Waals surface area contributed by atoms with Crippen LogP contribution in [0.1, 0.15) is 15.6 Å². The Morgan fingerprint density at radius 1 is 1.26 bits per heavy atom. The first-order chi connectivity index (χ1) is 10.1. The molecule has 1 fully saturated rings. The van der Waals surface area contributed by atoms with Gasteiger partial charge in [-0.3, -0.25) is 4.90 Å². The number of unbranched alkanes of at least 4 members (excludes halogenated alkanes) is 1. The molecule has 0 radical (unpaired) electrons. The number of carbonyl (C=O) groups excluding carboxylic acids is 2. The maximum absolute atomic E-state index is 11.4. The van der Waals surface area contributed by atoms with Gasteiger partial charge in [-0.15, -0.1) is 0 Å². The van der Waals surface area contributed by atoms with Crippen molar-refractivity contribution in [1.82, 2.24) is 4.90 Å². The summed E-state index contributed by atoms with van der Waals surface area (Å²) in [7, 11) is 1.08. The van der Waals surface area contributed by atoms with Crippen LogP contribution in [0.15, 0.2) is 12.1 Å². The molecule has 0 aromatic heterocycles. The fraction of sp³-hybridized carbons (Fsp3) is 0.692. The maximum atomic E-state index is 11.4. The highest BCUT2D eigenvalue weighted by Gasteiger charge is 2.09. The highest BCUT2D eigenvalue weighted by molar-refractivity contribution is 5.91. The Hall–Kier alpha value is -1.40. The Balaban J connectivity index is 2.19. The summed E-state index contributed by atoms with van der Waals surface area (Å²) < 4.78 is 29.0. The second kappa shape index (κ2) is 9.52. The minimum atomic E-state index is -1.02. The van der Waals surface area contributed by atoms with Gasteiger partial charge >= 0.3 is 11.9 Å². The molecule has 19 heavy (non-hydrogen) atoms. The molecule has 108 valence electrons. The van der Waals surface area contributed by atoms with Crippen LogP contribution in [0.25, 0.3) is 0 Å². The van der Waals surface area contributed by atoms with Gasteiger partial charge in [0.1, 0.15) is 0 Å². The molecule has 1 aliphatic rings. The lowest BCUT2D eigenvalue weighted by Crippen LogP contribution is -2.36. The van der Waals surface area contributed by atoms with E-state index in [0.717, 1.165) is 46.4 Å². The number of carbonyl (C=O) groups is 2. The zero-order valence-electron chi connectivity index (χ0n) is 13.1. The Bertz CT molecular complexity index is 394. The summed E-state index contributed by atoms with van der Waals surface area (Å²) >= 11 is 0. The summed E-state index contributed by atoms with van der Waals surface area (Å²) in [5.74, 6) is -2.00. The standard InChI is InChI=1S/C13H21NO5/c1-17-12(15)4-5-13(16)19-9-3-2-6-14-7-10-18-11-8-14/h4-5H,2-3,6-11H2,1H3/b5-4+/i4D,5D. The summed E-state index contributed by atoms with van der Waals surface area (Å²) in [6, 6.07) is -1.58. The van der Waals surface area contributed by atoms with Crippen LogP contribution in [0, 0.1) is 0 Å². The van der Waals surface area contributed by atoms with E-state index in [2.05, 4.69) is 9.64 Å². The van der Waals surface area contributed by atoms with E-state index in [9.17, 15) is 9.59 Å². The second-order valence-corrected chi connectivity index (χ2v) is 4.04. The fourth-order valence-corrected chi connectivity index (χ4v) is 1.62. The molecule has 1 aliphatic heterocycles. The van der Waals surface area contributed by atoms with Gasteiger partial charge in [-0.1, -0.05) is 0 Å². The molecule has 0 aromatic carbocycles. The van der Waals surface area contributed by atoms with E-state index < -0.39 is 24.0 Å². The molecule has 1 saturated heterocycles. The summed E-state index contributed by atoms with van der Waals surface area (Å²) in [6.45, 7) is 4.42. The predicted molar refractivity (Wildman–Crippen MR) is 68.6 cm³/mol. The third kappa shape index (κ3) is 7.58. The lowest BCUT2D eigenvalue weighted by atomic mass is 10.3. The molecular formula is C13H21NO5. The van der Waals surface area contributed by atoms with Crippen molar-refractivity contribution in [2.75, 3.05) is 46.6 Å². The van der Waals surface area contributed by atoms with Crippen LogP contribution in [-0.2, 0) is 23.8 Å². The van der Waals surface area contributed by atoms with Gasteiger partial charge in [0.15, 0.2) is 0 Å². The van der Waals surface area contributed by atoms with Crippen LogP contribution in [0.4, 0.5) is 0 Å². The van der Waals surface area contributed by atoms with Crippen molar-refractivity contribution >= 4 is 11.9 Å². The first kappa shape index (κ1) is 12.6. The van der Waals surface area contributed by atoms with E-state index in [4.69, 9.17) is 12.2 Å². The van der Waals surface area contributed by atoms with Gasteiger partial charge in [-0.05, 0) is 19.4 Å². The predicted octanol–water partition coefficient (Wildman–Crippen LogP) is 0.371. The number of rotatable bonds is 7. The van der Waals surface area contributed by atoms with E-state index in [-0.39, 0.29) is 6.61 Å². The second-order valence-electron chi connectivity index (χ2n) is 4.04. The van der Waals surface area contributed by atoms with Gasteiger partial charge in [0.25, 0.3) is 0 Å². The quantitative estimate of drug-likeness (QED) is 0.379. The average Bonchev–Trinajstić information content (AvgIpc) is 2.53. The van der Waals surface area contributed by atoms with Gasteiger partial charge < -0.3 is 14.2 Å². The normalized spacial score (nSPS) is 19.0. The number of morpholine rings is 1. The lowest BCUT2D eigenvalue weighted by molar-refractivity contribution is -0.139. The third-order valence-corrected chi connectivity index (χ3v) is 2.66. The molecule has 0 saturated carbocycles. The van der Waals surface area contributed by atoms with Crippen molar-refractivity contribution in [2.24, 2.45) is 0 Å². The highest BCUT2D eigenvalue weighted by Crippen LogP contribution is 2.00. The van der Waals surface area contributed by atoms with Crippen LogP contribution in [0.2, 0.25) is 0 Å². The first-order valence-corrected chi connectivity index (χ1v) is 6.29. The van der Waals surface area contributed by atoms with Crippen LogP contribution < -0.4 is 0 Å². The number of ether oxygens (including phenoxy) is 3. The Morgan fingerprint density at radius 3 is 2.63 bits per heavy atom. The number of methoxy groups -OCH3 is 1. The molecule has 6 nitrogen and oxygen atoms in total. The van der Waals surface area contributed by atoms with Crippen LogP contribution in [-0.4, -0.2) is 63.4 Å². The van der Waals surface area contributed by atoms with E-state index in [0.29, 0.717) is 6.42 Å². The molecule has 1 rings (SSSR count). The van der Waals surface area contributed by atoms with Gasteiger partial charge in [-0.2, -0.15) is 0 Å². The van der Waals surface area contributed by atoms with E-state index >= 15 is 0 Å². The topological polar surface area (TPSA) is 65.1 Å².